The smallest absolute Gasteiger partial charge is 0.237 e. The highest BCUT2D eigenvalue weighted by Crippen LogP contribution is 2.24. The van der Waals surface area contributed by atoms with Gasteiger partial charge >= 0.3 is 0 Å². The van der Waals surface area contributed by atoms with E-state index in [1.807, 2.05) is 43.3 Å². The van der Waals surface area contributed by atoms with Crippen molar-refractivity contribution < 1.29 is 4.79 Å². The zero-order valence-electron chi connectivity index (χ0n) is 11.4. The number of thioether (sulfide) groups is 1. The van der Waals surface area contributed by atoms with Gasteiger partial charge in [0.1, 0.15) is 0 Å². The van der Waals surface area contributed by atoms with Gasteiger partial charge in [-0.3, -0.25) is 9.89 Å². The Kier molecular flexibility index (Phi) is 3.87. The molecule has 0 saturated carbocycles. The lowest BCUT2D eigenvalue weighted by Gasteiger charge is -2.11. The van der Waals surface area contributed by atoms with E-state index in [2.05, 4.69) is 20.5 Å². The lowest BCUT2D eigenvalue weighted by atomic mass is 10.2. The van der Waals surface area contributed by atoms with Gasteiger partial charge in [-0.15, -0.1) is 0 Å². The average Bonchev–Trinajstić information content (AvgIpc) is 2.98. The van der Waals surface area contributed by atoms with Gasteiger partial charge < -0.3 is 5.32 Å². The van der Waals surface area contributed by atoms with Crippen LogP contribution in [0, 0.1) is 0 Å². The van der Waals surface area contributed by atoms with Crippen LogP contribution in [0.3, 0.4) is 0 Å². The Bertz CT molecular complexity index is 756. The summed E-state index contributed by atoms with van der Waals surface area (Å²) in [7, 11) is 0. The van der Waals surface area contributed by atoms with Crippen molar-refractivity contribution in [2.45, 2.75) is 17.2 Å². The van der Waals surface area contributed by atoms with Crippen LogP contribution >= 0.6 is 11.8 Å². The van der Waals surface area contributed by atoms with Gasteiger partial charge in [-0.25, -0.2) is 4.98 Å². The molecular weight excluding hydrogens is 284 g/mol. The fourth-order valence-corrected chi connectivity index (χ4v) is 2.77. The van der Waals surface area contributed by atoms with Crippen LogP contribution in [-0.2, 0) is 4.79 Å². The van der Waals surface area contributed by atoms with Crippen molar-refractivity contribution >= 4 is 34.3 Å². The second-order valence-corrected chi connectivity index (χ2v) is 5.92. The third-order valence-electron chi connectivity index (χ3n) is 3.04. The van der Waals surface area contributed by atoms with Crippen molar-refractivity contribution in [3.8, 4) is 0 Å². The Labute approximate surface area is 126 Å². The van der Waals surface area contributed by atoms with Crippen LogP contribution in [0.1, 0.15) is 6.92 Å². The molecule has 0 fully saturated rings. The number of amides is 1. The minimum absolute atomic E-state index is 0.0623. The van der Waals surface area contributed by atoms with E-state index in [9.17, 15) is 4.79 Å². The molecule has 6 heteroatoms. The Morgan fingerprint density at radius 2 is 2.19 bits per heavy atom. The third-order valence-corrected chi connectivity index (χ3v) is 4.09. The first-order valence-corrected chi connectivity index (χ1v) is 7.42. The van der Waals surface area contributed by atoms with Crippen LogP contribution in [0.2, 0.25) is 0 Å². The standard InChI is InChI=1S/C15H14N4OS/c1-10(21-13-7-2-3-8-16-13)15(20)18-12-6-4-5-11-9-17-19-14(11)12/h2-10H,1H3,(H,17,19)(H,18,20). The number of H-pyrrole nitrogens is 1. The monoisotopic (exact) mass is 298 g/mol. The number of carbonyl (C=O) groups is 1. The highest BCUT2D eigenvalue weighted by Gasteiger charge is 2.16. The maximum atomic E-state index is 12.3. The number of para-hydroxylation sites is 1. The van der Waals surface area contributed by atoms with Gasteiger partial charge in [-0.05, 0) is 25.1 Å². The van der Waals surface area contributed by atoms with Crippen LogP contribution in [0.5, 0.6) is 0 Å². The number of fused-ring (bicyclic) bond motifs is 1. The van der Waals surface area contributed by atoms with E-state index in [1.54, 1.807) is 12.4 Å². The van der Waals surface area contributed by atoms with E-state index in [1.165, 1.54) is 11.8 Å². The third kappa shape index (κ3) is 3.05. The Morgan fingerprint density at radius 1 is 1.29 bits per heavy atom. The predicted molar refractivity (Wildman–Crippen MR) is 84.3 cm³/mol. The Hall–Kier alpha value is -2.34. The first-order chi connectivity index (χ1) is 10.2. The van der Waals surface area contributed by atoms with E-state index >= 15 is 0 Å². The van der Waals surface area contributed by atoms with Crippen LogP contribution < -0.4 is 5.32 Å². The molecule has 1 atom stereocenters. The molecule has 2 heterocycles. The molecular formula is C15H14N4OS. The maximum Gasteiger partial charge on any atom is 0.237 e. The highest BCUT2D eigenvalue weighted by molar-refractivity contribution is 8.00. The van der Waals surface area contributed by atoms with E-state index in [-0.39, 0.29) is 11.2 Å². The van der Waals surface area contributed by atoms with Crippen molar-refractivity contribution in [1.82, 2.24) is 15.2 Å². The second-order valence-electron chi connectivity index (χ2n) is 4.56. The van der Waals surface area contributed by atoms with Gasteiger partial charge in [0, 0.05) is 11.6 Å². The van der Waals surface area contributed by atoms with Crippen LogP contribution in [0.25, 0.3) is 10.9 Å². The van der Waals surface area contributed by atoms with Crippen LogP contribution in [-0.4, -0.2) is 26.3 Å². The molecule has 0 radical (unpaired) electrons. The van der Waals surface area contributed by atoms with Crippen molar-refractivity contribution in [2.24, 2.45) is 0 Å². The summed E-state index contributed by atoms with van der Waals surface area (Å²) in [6, 6.07) is 11.4. The number of nitrogens with one attached hydrogen (secondary N) is 2. The SMILES string of the molecule is CC(Sc1ccccn1)C(=O)Nc1cccc2cn[nH]c12. The summed E-state index contributed by atoms with van der Waals surface area (Å²) in [5.74, 6) is -0.0623. The van der Waals surface area contributed by atoms with E-state index in [0.717, 1.165) is 21.6 Å². The predicted octanol–water partition coefficient (Wildman–Crippen LogP) is 3.08. The molecule has 0 spiro atoms. The number of benzene rings is 1. The summed E-state index contributed by atoms with van der Waals surface area (Å²) < 4.78 is 0. The molecule has 5 nitrogen and oxygen atoms in total. The molecule has 0 saturated heterocycles. The number of pyridine rings is 1. The minimum atomic E-state index is -0.238. The zero-order chi connectivity index (χ0) is 14.7. The summed E-state index contributed by atoms with van der Waals surface area (Å²) in [5, 5.41) is 11.4. The molecule has 1 amide bonds. The highest BCUT2D eigenvalue weighted by atomic mass is 32.2. The van der Waals surface area contributed by atoms with Crippen molar-refractivity contribution in [3.05, 3.63) is 48.8 Å². The summed E-state index contributed by atoms with van der Waals surface area (Å²) in [4.78, 5) is 16.5. The van der Waals surface area contributed by atoms with Crippen LogP contribution in [0.4, 0.5) is 5.69 Å². The van der Waals surface area contributed by atoms with E-state index < -0.39 is 0 Å². The van der Waals surface area contributed by atoms with Crippen molar-refractivity contribution in [1.29, 1.82) is 0 Å². The fraction of sp³-hybridized carbons (Fsp3) is 0.133. The van der Waals surface area contributed by atoms with Crippen molar-refractivity contribution in [2.75, 3.05) is 5.32 Å². The van der Waals surface area contributed by atoms with Gasteiger partial charge in [-0.1, -0.05) is 30.0 Å². The molecule has 3 rings (SSSR count). The molecule has 21 heavy (non-hydrogen) atoms. The van der Waals surface area contributed by atoms with Gasteiger partial charge in [-0.2, -0.15) is 5.10 Å². The zero-order valence-corrected chi connectivity index (χ0v) is 12.2. The molecule has 106 valence electrons. The lowest BCUT2D eigenvalue weighted by molar-refractivity contribution is -0.115. The second kappa shape index (κ2) is 5.97. The van der Waals surface area contributed by atoms with Gasteiger partial charge in [0.05, 0.1) is 27.7 Å². The molecule has 2 N–H and O–H groups in total. The quantitative estimate of drug-likeness (QED) is 0.726. The Morgan fingerprint density at radius 3 is 3.00 bits per heavy atom. The molecule has 1 aromatic carbocycles. The molecule has 0 aliphatic rings. The van der Waals surface area contributed by atoms with E-state index in [4.69, 9.17) is 0 Å². The lowest BCUT2D eigenvalue weighted by Crippen LogP contribution is -2.22. The number of nitrogens with zero attached hydrogens (tertiary/aromatic N) is 2. The molecule has 0 aliphatic carbocycles. The molecule has 1 unspecified atom stereocenters. The summed E-state index contributed by atoms with van der Waals surface area (Å²) in [5.41, 5.74) is 1.57. The number of aromatic amines is 1. The molecule has 3 aromatic rings. The largest absolute Gasteiger partial charge is 0.323 e. The number of anilines is 1. The number of carbonyl (C=O) groups excluding carboxylic acids is 1. The number of aromatic nitrogens is 3. The van der Waals surface area contributed by atoms with E-state index in [0.29, 0.717) is 0 Å². The first-order valence-electron chi connectivity index (χ1n) is 6.54. The minimum Gasteiger partial charge on any atom is -0.323 e. The summed E-state index contributed by atoms with van der Waals surface area (Å²) in [6.07, 6.45) is 3.45. The van der Waals surface area contributed by atoms with Gasteiger partial charge in [0.25, 0.3) is 0 Å². The summed E-state index contributed by atoms with van der Waals surface area (Å²) >= 11 is 1.43. The topological polar surface area (TPSA) is 70.7 Å². The van der Waals surface area contributed by atoms with Gasteiger partial charge in [0.15, 0.2) is 0 Å². The number of hydrogen-bond acceptors (Lipinski definition) is 4. The molecule has 2 aromatic heterocycles. The number of rotatable bonds is 4. The Balaban J connectivity index is 1.72. The van der Waals surface area contributed by atoms with Crippen LogP contribution in [0.15, 0.2) is 53.8 Å². The molecule has 0 aliphatic heterocycles. The summed E-state index contributed by atoms with van der Waals surface area (Å²) in [6.45, 7) is 1.86. The van der Waals surface area contributed by atoms with Gasteiger partial charge in [0.2, 0.25) is 5.91 Å². The van der Waals surface area contributed by atoms with Crippen molar-refractivity contribution in [3.63, 3.8) is 0 Å². The number of hydrogen-bond donors (Lipinski definition) is 2. The maximum absolute atomic E-state index is 12.3. The normalized spacial score (nSPS) is 12.2. The first kappa shape index (κ1) is 13.6. The molecule has 0 bridgehead atoms. The fourth-order valence-electron chi connectivity index (χ4n) is 1.96. The average molecular weight is 298 g/mol.